The van der Waals surface area contributed by atoms with Crippen molar-refractivity contribution < 1.29 is 14.7 Å². The first-order chi connectivity index (χ1) is 14.0. The predicted molar refractivity (Wildman–Crippen MR) is 114 cm³/mol. The molecule has 4 rings (SSSR count). The van der Waals surface area contributed by atoms with Gasteiger partial charge in [0.15, 0.2) is 11.4 Å². The Bertz CT molecular complexity index is 1070. The van der Waals surface area contributed by atoms with Gasteiger partial charge in [0.25, 0.3) is 5.91 Å². The van der Waals surface area contributed by atoms with Crippen LogP contribution in [0.3, 0.4) is 0 Å². The van der Waals surface area contributed by atoms with E-state index in [1.54, 1.807) is 42.5 Å². The summed E-state index contributed by atoms with van der Waals surface area (Å²) in [5, 5.41) is 11.2. The van der Waals surface area contributed by atoms with E-state index in [2.05, 4.69) is 6.58 Å². The van der Waals surface area contributed by atoms with Crippen LogP contribution < -0.4 is 4.90 Å². The van der Waals surface area contributed by atoms with Gasteiger partial charge in [0, 0.05) is 17.7 Å². The lowest BCUT2D eigenvalue weighted by molar-refractivity contribution is -0.135. The Labute approximate surface area is 169 Å². The third-order valence-electron chi connectivity index (χ3n) is 5.28. The number of carbonyl (C=O) groups is 2. The Morgan fingerprint density at radius 3 is 2.24 bits per heavy atom. The first kappa shape index (κ1) is 18.8. The molecule has 4 nitrogen and oxygen atoms in total. The minimum absolute atomic E-state index is 0.276. The number of rotatable bonds is 6. The van der Waals surface area contributed by atoms with Crippen molar-refractivity contribution in [1.82, 2.24) is 0 Å². The fraction of sp³-hybridized carbons (Fsp3) is 0.120. The van der Waals surface area contributed by atoms with Crippen LogP contribution in [-0.4, -0.2) is 23.3 Å². The molecule has 1 amide bonds. The number of fused-ring (bicyclic) bond motifs is 1. The van der Waals surface area contributed by atoms with E-state index in [1.807, 2.05) is 42.5 Å². The van der Waals surface area contributed by atoms with Crippen molar-refractivity contribution in [2.75, 3.05) is 11.4 Å². The molecule has 1 atom stereocenters. The van der Waals surface area contributed by atoms with Gasteiger partial charge >= 0.3 is 0 Å². The largest absolute Gasteiger partial charge is 0.375 e. The van der Waals surface area contributed by atoms with Crippen LogP contribution in [0.15, 0.2) is 91.5 Å². The molecule has 1 aliphatic heterocycles. The molecule has 0 aromatic heterocycles. The Hall–Kier alpha value is -3.50. The number of hydrogen-bond donors (Lipinski definition) is 1. The van der Waals surface area contributed by atoms with E-state index in [1.165, 1.54) is 4.90 Å². The van der Waals surface area contributed by atoms with Gasteiger partial charge in [-0.1, -0.05) is 78.9 Å². The van der Waals surface area contributed by atoms with E-state index in [4.69, 9.17) is 0 Å². The van der Waals surface area contributed by atoms with Gasteiger partial charge in [-0.15, -0.1) is 6.58 Å². The lowest BCUT2D eigenvalue weighted by Crippen LogP contribution is -2.41. The van der Waals surface area contributed by atoms with E-state index < -0.39 is 11.5 Å². The van der Waals surface area contributed by atoms with E-state index in [9.17, 15) is 14.7 Å². The minimum atomic E-state index is -1.87. The predicted octanol–water partition coefficient (Wildman–Crippen LogP) is 4.35. The number of Topliss-reactive ketones (excluding diaryl/α,β-unsaturated/α-hetero) is 1. The third kappa shape index (κ3) is 3.28. The van der Waals surface area contributed by atoms with Crippen molar-refractivity contribution in [1.29, 1.82) is 0 Å². The van der Waals surface area contributed by atoms with Gasteiger partial charge in [-0.2, -0.15) is 0 Å². The van der Waals surface area contributed by atoms with E-state index in [0.717, 1.165) is 11.1 Å². The van der Waals surface area contributed by atoms with Gasteiger partial charge in [0.2, 0.25) is 0 Å². The molecule has 1 heterocycles. The lowest BCUT2D eigenvalue weighted by Gasteiger charge is -2.22. The summed E-state index contributed by atoms with van der Waals surface area (Å²) in [6, 6.07) is 24.1. The van der Waals surface area contributed by atoms with Gasteiger partial charge in [-0.3, -0.25) is 9.59 Å². The van der Waals surface area contributed by atoms with Crippen molar-refractivity contribution in [2.24, 2.45) is 0 Å². The number of nitrogens with zero attached hydrogens (tertiary/aromatic N) is 1. The molecule has 0 radical (unpaired) electrons. The quantitative estimate of drug-likeness (QED) is 0.509. The van der Waals surface area contributed by atoms with Gasteiger partial charge in [-0.05, 0) is 17.2 Å². The highest BCUT2D eigenvalue weighted by atomic mass is 16.3. The fourth-order valence-corrected chi connectivity index (χ4v) is 3.80. The lowest BCUT2D eigenvalue weighted by atomic mass is 9.88. The van der Waals surface area contributed by atoms with Gasteiger partial charge in [-0.25, -0.2) is 0 Å². The zero-order chi connectivity index (χ0) is 20.4. The maximum absolute atomic E-state index is 13.0. The van der Waals surface area contributed by atoms with Crippen molar-refractivity contribution in [3.8, 4) is 11.1 Å². The Morgan fingerprint density at radius 1 is 0.931 bits per heavy atom. The van der Waals surface area contributed by atoms with E-state index in [0.29, 0.717) is 16.8 Å². The molecule has 3 aromatic carbocycles. The first-order valence-electron chi connectivity index (χ1n) is 9.48. The van der Waals surface area contributed by atoms with Gasteiger partial charge in [0.05, 0.1) is 12.1 Å². The highest BCUT2D eigenvalue weighted by molar-refractivity contribution is 6.10. The number of ketones is 1. The SMILES string of the molecule is C=CCN1C(=O)C(O)(CC(=O)c2ccc(-c3ccccc3)cc2)c2ccccc21. The van der Waals surface area contributed by atoms with Gasteiger partial charge < -0.3 is 10.0 Å². The van der Waals surface area contributed by atoms with Crippen LogP contribution in [-0.2, 0) is 10.4 Å². The van der Waals surface area contributed by atoms with Crippen LogP contribution in [0.4, 0.5) is 5.69 Å². The number of anilines is 1. The third-order valence-corrected chi connectivity index (χ3v) is 5.28. The summed E-state index contributed by atoms with van der Waals surface area (Å²) in [5.74, 6) is -0.774. The number of carbonyl (C=O) groups excluding carboxylic acids is 2. The molecule has 1 N–H and O–H groups in total. The molecular formula is C25H21NO3. The van der Waals surface area contributed by atoms with E-state index >= 15 is 0 Å². The molecule has 0 aliphatic carbocycles. The summed E-state index contributed by atoms with van der Waals surface area (Å²) in [5.41, 5.74) is 1.73. The zero-order valence-corrected chi connectivity index (χ0v) is 15.9. The maximum Gasteiger partial charge on any atom is 0.264 e. The Morgan fingerprint density at radius 2 is 1.55 bits per heavy atom. The number of amides is 1. The number of benzene rings is 3. The topological polar surface area (TPSA) is 57.6 Å². The monoisotopic (exact) mass is 383 g/mol. The number of aliphatic hydroxyl groups is 1. The number of hydrogen-bond acceptors (Lipinski definition) is 3. The second-order valence-corrected chi connectivity index (χ2v) is 7.13. The van der Waals surface area contributed by atoms with Crippen molar-refractivity contribution >= 4 is 17.4 Å². The molecule has 4 heteroatoms. The summed E-state index contributed by atoms with van der Waals surface area (Å²) >= 11 is 0. The normalized spacial score (nSPS) is 17.8. The second-order valence-electron chi connectivity index (χ2n) is 7.13. The van der Waals surface area contributed by atoms with Crippen LogP contribution in [0.2, 0.25) is 0 Å². The summed E-state index contributed by atoms with van der Waals surface area (Å²) in [6.07, 6.45) is 1.30. The average molecular weight is 383 g/mol. The highest BCUT2D eigenvalue weighted by Gasteiger charge is 2.50. The van der Waals surface area contributed by atoms with Crippen molar-refractivity contribution in [3.05, 3.63) is 103 Å². The van der Waals surface area contributed by atoms with E-state index in [-0.39, 0.29) is 18.7 Å². The summed E-state index contributed by atoms with van der Waals surface area (Å²) in [4.78, 5) is 27.3. The number of para-hydroxylation sites is 1. The molecule has 144 valence electrons. The van der Waals surface area contributed by atoms with Crippen LogP contribution in [0, 0.1) is 0 Å². The molecule has 0 saturated carbocycles. The molecule has 0 bridgehead atoms. The Kier molecular flexibility index (Phi) is 4.87. The van der Waals surface area contributed by atoms with Crippen LogP contribution in [0.1, 0.15) is 22.3 Å². The molecule has 1 unspecified atom stereocenters. The first-order valence-corrected chi connectivity index (χ1v) is 9.48. The summed E-state index contributed by atoms with van der Waals surface area (Å²) < 4.78 is 0. The molecule has 0 spiro atoms. The summed E-state index contributed by atoms with van der Waals surface area (Å²) in [7, 11) is 0. The molecular weight excluding hydrogens is 362 g/mol. The van der Waals surface area contributed by atoms with Crippen LogP contribution in [0.25, 0.3) is 11.1 Å². The standard InChI is InChI=1S/C25H21NO3/c1-2-16-26-22-11-7-6-10-21(22)25(29,24(26)28)17-23(27)20-14-12-19(13-15-20)18-8-4-3-5-9-18/h2-15,29H,1,16-17H2. The Balaban J connectivity index is 1.61. The molecule has 0 saturated heterocycles. The van der Waals surface area contributed by atoms with Crippen molar-refractivity contribution in [3.63, 3.8) is 0 Å². The molecule has 0 fully saturated rings. The molecule has 1 aliphatic rings. The van der Waals surface area contributed by atoms with Gasteiger partial charge in [0.1, 0.15) is 0 Å². The molecule has 29 heavy (non-hydrogen) atoms. The average Bonchev–Trinajstić information content (AvgIpc) is 2.97. The second kappa shape index (κ2) is 7.49. The maximum atomic E-state index is 13.0. The highest BCUT2D eigenvalue weighted by Crippen LogP contribution is 2.42. The smallest absolute Gasteiger partial charge is 0.264 e. The van der Waals surface area contributed by atoms with Crippen LogP contribution in [0.5, 0.6) is 0 Å². The zero-order valence-electron chi connectivity index (χ0n) is 15.9. The molecule has 3 aromatic rings. The fourth-order valence-electron chi connectivity index (χ4n) is 3.80. The minimum Gasteiger partial charge on any atom is -0.375 e. The summed E-state index contributed by atoms with van der Waals surface area (Å²) in [6.45, 7) is 3.95. The van der Waals surface area contributed by atoms with Crippen molar-refractivity contribution in [2.45, 2.75) is 12.0 Å². The van der Waals surface area contributed by atoms with Crippen LogP contribution >= 0.6 is 0 Å².